The summed E-state index contributed by atoms with van der Waals surface area (Å²) in [7, 11) is 1.92. The monoisotopic (exact) mass is 293 g/mol. The minimum absolute atomic E-state index is 0.0733. The summed E-state index contributed by atoms with van der Waals surface area (Å²) in [6, 6.07) is 0. The topological polar surface area (TPSA) is 64.1 Å². The van der Waals surface area contributed by atoms with Gasteiger partial charge in [0, 0.05) is 36.2 Å². The highest BCUT2D eigenvalue weighted by Crippen LogP contribution is 2.51. The van der Waals surface area contributed by atoms with Crippen LogP contribution in [0.1, 0.15) is 70.7 Å². The van der Waals surface area contributed by atoms with Gasteiger partial charge in [-0.05, 0) is 25.2 Å². The van der Waals surface area contributed by atoms with E-state index in [0.29, 0.717) is 12.5 Å². The summed E-state index contributed by atoms with van der Waals surface area (Å²) in [6.07, 6.45) is 5.86. The molecule has 0 bridgehead atoms. The van der Waals surface area contributed by atoms with Gasteiger partial charge in [0.1, 0.15) is 0 Å². The average Bonchev–Trinajstić information content (AvgIpc) is 3.01. The van der Waals surface area contributed by atoms with E-state index < -0.39 is 6.10 Å². The molecule has 1 heterocycles. The second kappa shape index (κ2) is 5.73. The van der Waals surface area contributed by atoms with Gasteiger partial charge in [0.15, 0.2) is 0 Å². The molecule has 120 valence electrons. The number of aliphatic hydroxyl groups excluding tert-OH is 1. The number of hydrogen-bond donors (Lipinski definition) is 2. The van der Waals surface area contributed by atoms with Gasteiger partial charge in [0.05, 0.1) is 11.8 Å². The maximum atomic E-state index is 11.1. The number of aliphatic hydroxyl groups is 1. The normalized spacial score (nSPS) is 28.0. The molecule has 0 spiro atoms. The van der Waals surface area contributed by atoms with Crippen LogP contribution in [0.4, 0.5) is 0 Å². The lowest BCUT2D eigenvalue weighted by Gasteiger charge is -2.34. The summed E-state index contributed by atoms with van der Waals surface area (Å²) in [6.45, 7) is 9.20. The largest absolute Gasteiger partial charge is 0.388 e. The van der Waals surface area contributed by atoms with Crippen LogP contribution in [-0.4, -0.2) is 21.4 Å². The Morgan fingerprint density at radius 2 is 2.19 bits per heavy atom. The SMILES string of the molecule is CCC1CCC(CN)(C(O)c2cn(C)nc2C(C)(C)C)C1. The standard InChI is InChI=1S/C17H31N3O/c1-6-12-7-8-17(9-12,11-18)15(21)13-10-20(5)19-14(13)16(2,3)4/h10,12,15,21H,6-9,11,18H2,1-5H3. The van der Waals surface area contributed by atoms with Crippen LogP contribution < -0.4 is 5.73 Å². The molecule has 3 atom stereocenters. The Balaban J connectivity index is 2.37. The summed E-state index contributed by atoms with van der Waals surface area (Å²) in [5.41, 5.74) is 7.81. The Labute approximate surface area is 128 Å². The number of nitrogens with two attached hydrogens (primary N) is 1. The van der Waals surface area contributed by atoms with E-state index in [1.807, 2.05) is 17.9 Å². The molecule has 1 aliphatic carbocycles. The van der Waals surface area contributed by atoms with E-state index in [4.69, 9.17) is 5.73 Å². The van der Waals surface area contributed by atoms with E-state index in [9.17, 15) is 5.11 Å². The van der Waals surface area contributed by atoms with Crippen molar-refractivity contribution in [3.05, 3.63) is 17.5 Å². The van der Waals surface area contributed by atoms with Crippen LogP contribution in [0.2, 0.25) is 0 Å². The molecule has 3 N–H and O–H groups in total. The third kappa shape index (κ3) is 3.02. The first-order valence-corrected chi connectivity index (χ1v) is 8.15. The highest BCUT2D eigenvalue weighted by atomic mass is 16.3. The van der Waals surface area contributed by atoms with E-state index in [1.165, 1.54) is 12.8 Å². The second-order valence-corrected chi connectivity index (χ2v) is 7.84. The predicted octanol–water partition coefficient (Wildman–Crippen LogP) is 2.91. The van der Waals surface area contributed by atoms with E-state index in [-0.39, 0.29) is 10.8 Å². The van der Waals surface area contributed by atoms with Crippen LogP contribution in [0, 0.1) is 11.3 Å². The van der Waals surface area contributed by atoms with Crippen LogP contribution in [-0.2, 0) is 12.5 Å². The zero-order valence-corrected chi connectivity index (χ0v) is 14.2. The van der Waals surface area contributed by atoms with Gasteiger partial charge in [-0.15, -0.1) is 0 Å². The van der Waals surface area contributed by atoms with Crippen LogP contribution in [0.5, 0.6) is 0 Å². The molecule has 0 radical (unpaired) electrons. The van der Waals surface area contributed by atoms with Crippen molar-refractivity contribution in [2.75, 3.05) is 6.54 Å². The summed E-state index contributed by atoms with van der Waals surface area (Å²) < 4.78 is 1.82. The summed E-state index contributed by atoms with van der Waals surface area (Å²) in [5.74, 6) is 0.693. The van der Waals surface area contributed by atoms with Crippen molar-refractivity contribution < 1.29 is 5.11 Å². The first-order valence-electron chi connectivity index (χ1n) is 8.15. The first-order chi connectivity index (χ1) is 9.73. The fourth-order valence-corrected chi connectivity index (χ4v) is 3.78. The number of aromatic nitrogens is 2. The van der Waals surface area contributed by atoms with Gasteiger partial charge in [0.25, 0.3) is 0 Å². The van der Waals surface area contributed by atoms with Gasteiger partial charge in [-0.1, -0.05) is 34.1 Å². The number of nitrogens with zero attached hydrogens (tertiary/aromatic N) is 2. The molecule has 21 heavy (non-hydrogen) atoms. The minimum Gasteiger partial charge on any atom is -0.388 e. The van der Waals surface area contributed by atoms with Crippen molar-refractivity contribution in [3.8, 4) is 0 Å². The molecule has 0 amide bonds. The zero-order chi connectivity index (χ0) is 15.8. The minimum atomic E-state index is -0.512. The molecular formula is C17H31N3O. The van der Waals surface area contributed by atoms with Gasteiger partial charge < -0.3 is 10.8 Å². The lowest BCUT2D eigenvalue weighted by atomic mass is 9.74. The lowest BCUT2D eigenvalue weighted by molar-refractivity contribution is 0.0288. The predicted molar refractivity (Wildman–Crippen MR) is 86.0 cm³/mol. The van der Waals surface area contributed by atoms with E-state index in [1.54, 1.807) is 0 Å². The summed E-state index contributed by atoms with van der Waals surface area (Å²) in [4.78, 5) is 0. The van der Waals surface area contributed by atoms with Crippen molar-refractivity contribution in [1.29, 1.82) is 0 Å². The van der Waals surface area contributed by atoms with Crippen LogP contribution in [0.15, 0.2) is 6.20 Å². The maximum absolute atomic E-state index is 11.1. The Bertz CT molecular complexity index is 489. The molecule has 1 aromatic rings. The molecule has 1 fully saturated rings. The molecule has 4 heteroatoms. The van der Waals surface area contributed by atoms with Gasteiger partial charge in [-0.2, -0.15) is 5.10 Å². The van der Waals surface area contributed by atoms with Gasteiger partial charge in [-0.25, -0.2) is 0 Å². The Hall–Kier alpha value is -0.870. The lowest BCUT2D eigenvalue weighted by Crippen LogP contribution is -2.35. The number of aryl methyl sites for hydroxylation is 1. The van der Waals surface area contributed by atoms with Crippen molar-refractivity contribution in [2.24, 2.45) is 24.1 Å². The zero-order valence-electron chi connectivity index (χ0n) is 14.2. The summed E-state index contributed by atoms with van der Waals surface area (Å²) in [5, 5.41) is 15.7. The molecule has 0 aromatic carbocycles. The van der Waals surface area contributed by atoms with Crippen LogP contribution in [0.25, 0.3) is 0 Å². The van der Waals surface area contributed by atoms with Gasteiger partial charge in [0.2, 0.25) is 0 Å². The number of rotatable bonds is 4. The Morgan fingerprint density at radius 1 is 1.52 bits per heavy atom. The fraction of sp³-hybridized carbons (Fsp3) is 0.824. The van der Waals surface area contributed by atoms with E-state index >= 15 is 0 Å². The molecule has 1 aromatic heterocycles. The van der Waals surface area contributed by atoms with E-state index in [0.717, 1.165) is 24.1 Å². The molecule has 2 rings (SSSR count). The molecular weight excluding hydrogens is 262 g/mol. The van der Waals surface area contributed by atoms with Crippen molar-refractivity contribution in [1.82, 2.24) is 9.78 Å². The van der Waals surface area contributed by atoms with Crippen LogP contribution in [0.3, 0.4) is 0 Å². The fourth-order valence-electron chi connectivity index (χ4n) is 3.78. The second-order valence-electron chi connectivity index (χ2n) is 7.84. The van der Waals surface area contributed by atoms with Crippen LogP contribution >= 0.6 is 0 Å². The van der Waals surface area contributed by atoms with Crippen molar-refractivity contribution in [2.45, 2.75) is 64.9 Å². The number of hydrogen-bond acceptors (Lipinski definition) is 3. The average molecular weight is 293 g/mol. The summed E-state index contributed by atoms with van der Waals surface area (Å²) >= 11 is 0. The molecule has 3 unspecified atom stereocenters. The molecule has 0 saturated heterocycles. The third-order valence-electron chi connectivity index (χ3n) is 5.17. The molecule has 4 nitrogen and oxygen atoms in total. The third-order valence-corrected chi connectivity index (χ3v) is 5.17. The smallest absolute Gasteiger partial charge is 0.0891 e. The maximum Gasteiger partial charge on any atom is 0.0891 e. The quantitative estimate of drug-likeness (QED) is 0.897. The molecule has 1 aliphatic rings. The highest BCUT2D eigenvalue weighted by molar-refractivity contribution is 5.28. The Kier molecular flexibility index (Phi) is 4.50. The highest BCUT2D eigenvalue weighted by Gasteiger charge is 2.45. The molecule has 1 saturated carbocycles. The van der Waals surface area contributed by atoms with Gasteiger partial charge in [-0.3, -0.25) is 4.68 Å². The van der Waals surface area contributed by atoms with E-state index in [2.05, 4.69) is 32.8 Å². The molecule has 0 aliphatic heterocycles. The Morgan fingerprint density at radius 3 is 2.67 bits per heavy atom. The van der Waals surface area contributed by atoms with Gasteiger partial charge >= 0.3 is 0 Å². The van der Waals surface area contributed by atoms with Crippen molar-refractivity contribution >= 4 is 0 Å². The van der Waals surface area contributed by atoms with Crippen molar-refractivity contribution in [3.63, 3.8) is 0 Å². The first kappa shape index (κ1) is 16.5.